The number of aromatic nitrogens is 2. The van der Waals surface area contributed by atoms with Crippen LogP contribution in [0.15, 0.2) is 47.3 Å². The number of pyridine rings is 1. The molecule has 1 saturated heterocycles. The van der Waals surface area contributed by atoms with Crippen molar-refractivity contribution >= 4 is 28.4 Å². The number of piperidine rings is 1. The smallest absolute Gasteiger partial charge is 0.270 e. The Hall–Kier alpha value is -2.53. The van der Waals surface area contributed by atoms with Gasteiger partial charge in [0.05, 0.1) is 0 Å². The zero-order valence-electron chi connectivity index (χ0n) is 15.1. The first-order valence-electron chi connectivity index (χ1n) is 9.25. The summed E-state index contributed by atoms with van der Waals surface area (Å²) in [5, 5.41) is 1.68. The van der Waals surface area contributed by atoms with Gasteiger partial charge in [0.1, 0.15) is 5.69 Å². The van der Waals surface area contributed by atoms with Gasteiger partial charge in [-0.2, -0.15) is 0 Å². The van der Waals surface area contributed by atoms with Crippen LogP contribution in [0.1, 0.15) is 28.5 Å². The average Bonchev–Trinajstić information content (AvgIpc) is 2.98. The molecule has 3 aromatic rings. The fraction of sp³-hybridized carbons (Fsp3) is 0.333. The molecule has 5 nitrogen and oxygen atoms in total. The third-order valence-corrected chi connectivity index (χ3v) is 6.23. The summed E-state index contributed by atoms with van der Waals surface area (Å²) in [7, 11) is 1.91. The molecule has 138 valence electrons. The maximum atomic E-state index is 13.3. The first-order valence-corrected chi connectivity index (χ1v) is 9.63. The Balaban J connectivity index is 1.49. The van der Waals surface area contributed by atoms with Gasteiger partial charge in [-0.1, -0.05) is 23.7 Å². The SMILES string of the molecule is Cn1c(C(=O)N2CC3CC(C2)c2cccc(=O)n2C3)cc2ccc(Cl)cc21. The molecule has 6 heteroatoms. The zero-order chi connectivity index (χ0) is 18.7. The number of benzene rings is 1. The van der Waals surface area contributed by atoms with Crippen LogP contribution >= 0.6 is 11.6 Å². The first-order chi connectivity index (χ1) is 13.0. The van der Waals surface area contributed by atoms with Crippen LogP contribution in [0, 0.1) is 5.92 Å². The molecule has 2 unspecified atom stereocenters. The highest BCUT2D eigenvalue weighted by Gasteiger charge is 2.37. The largest absolute Gasteiger partial charge is 0.340 e. The number of aryl methyl sites for hydroxylation is 1. The number of carbonyl (C=O) groups is 1. The van der Waals surface area contributed by atoms with Gasteiger partial charge < -0.3 is 14.0 Å². The number of carbonyl (C=O) groups excluding carboxylic acids is 1. The Morgan fingerprint density at radius 1 is 1.11 bits per heavy atom. The molecule has 2 aliphatic rings. The van der Waals surface area contributed by atoms with E-state index >= 15 is 0 Å². The van der Waals surface area contributed by atoms with Crippen LogP contribution in [0.2, 0.25) is 5.02 Å². The fourth-order valence-corrected chi connectivity index (χ4v) is 4.90. The first kappa shape index (κ1) is 16.6. The molecule has 2 aliphatic heterocycles. The highest BCUT2D eigenvalue weighted by Crippen LogP contribution is 2.35. The topological polar surface area (TPSA) is 47.2 Å². The molecule has 5 rings (SSSR count). The molecule has 0 spiro atoms. The summed E-state index contributed by atoms with van der Waals surface area (Å²) < 4.78 is 3.81. The van der Waals surface area contributed by atoms with E-state index < -0.39 is 0 Å². The second kappa shape index (κ2) is 5.99. The van der Waals surface area contributed by atoms with E-state index in [1.54, 1.807) is 6.07 Å². The van der Waals surface area contributed by atoms with Crippen molar-refractivity contribution in [1.82, 2.24) is 14.0 Å². The summed E-state index contributed by atoms with van der Waals surface area (Å²) in [6.45, 7) is 2.04. The Bertz CT molecular complexity index is 1130. The van der Waals surface area contributed by atoms with Gasteiger partial charge in [-0.05, 0) is 36.6 Å². The summed E-state index contributed by atoms with van der Waals surface area (Å²) in [5.41, 5.74) is 2.75. The van der Waals surface area contributed by atoms with E-state index in [2.05, 4.69) is 0 Å². The molecule has 1 amide bonds. The highest BCUT2D eigenvalue weighted by molar-refractivity contribution is 6.31. The van der Waals surface area contributed by atoms with Gasteiger partial charge in [0.15, 0.2) is 0 Å². The van der Waals surface area contributed by atoms with Gasteiger partial charge in [0, 0.05) is 60.3 Å². The lowest BCUT2D eigenvalue weighted by Gasteiger charge is -2.42. The predicted molar refractivity (Wildman–Crippen MR) is 105 cm³/mol. The standard InChI is InChI=1S/C21H20ClN3O2/c1-23-18-9-16(22)6-5-14(18)8-19(23)21(27)24-10-13-7-15(12-24)17-3-2-4-20(26)25(17)11-13/h2-6,8-9,13,15H,7,10-12H2,1H3. The van der Waals surface area contributed by atoms with E-state index in [0.29, 0.717) is 36.3 Å². The minimum absolute atomic E-state index is 0.0475. The number of hydrogen-bond donors (Lipinski definition) is 0. The average molecular weight is 382 g/mol. The Kier molecular flexibility index (Phi) is 3.69. The Morgan fingerprint density at radius 3 is 2.81 bits per heavy atom. The molecular formula is C21H20ClN3O2. The lowest BCUT2D eigenvalue weighted by atomic mass is 9.83. The van der Waals surface area contributed by atoms with Gasteiger partial charge in [-0.15, -0.1) is 0 Å². The van der Waals surface area contributed by atoms with Crippen LogP contribution in [0.25, 0.3) is 10.9 Å². The summed E-state index contributed by atoms with van der Waals surface area (Å²) in [5.74, 6) is 0.593. The van der Waals surface area contributed by atoms with E-state index in [1.807, 2.05) is 57.5 Å². The van der Waals surface area contributed by atoms with Crippen LogP contribution in [-0.2, 0) is 13.6 Å². The van der Waals surface area contributed by atoms with Crippen LogP contribution in [-0.4, -0.2) is 33.0 Å². The van der Waals surface area contributed by atoms with E-state index in [-0.39, 0.29) is 17.4 Å². The van der Waals surface area contributed by atoms with Crippen molar-refractivity contribution in [2.45, 2.75) is 18.9 Å². The highest BCUT2D eigenvalue weighted by atomic mass is 35.5. The van der Waals surface area contributed by atoms with Crippen LogP contribution in [0.3, 0.4) is 0 Å². The maximum Gasteiger partial charge on any atom is 0.270 e. The van der Waals surface area contributed by atoms with E-state index in [4.69, 9.17) is 11.6 Å². The lowest BCUT2D eigenvalue weighted by molar-refractivity contribution is 0.0585. The number of halogens is 1. The van der Waals surface area contributed by atoms with Crippen LogP contribution < -0.4 is 5.56 Å². The van der Waals surface area contributed by atoms with Gasteiger partial charge in [0.2, 0.25) is 0 Å². The fourth-order valence-electron chi connectivity index (χ4n) is 4.73. The normalized spacial score (nSPS) is 21.3. The molecule has 2 atom stereocenters. The second-order valence-corrected chi connectivity index (χ2v) is 8.14. The number of rotatable bonds is 1. The minimum Gasteiger partial charge on any atom is -0.340 e. The molecule has 4 heterocycles. The van der Waals surface area contributed by atoms with Gasteiger partial charge in [-0.3, -0.25) is 9.59 Å². The van der Waals surface area contributed by atoms with Gasteiger partial charge >= 0.3 is 0 Å². The molecule has 2 bridgehead atoms. The maximum absolute atomic E-state index is 13.3. The van der Waals surface area contributed by atoms with Gasteiger partial charge in [0.25, 0.3) is 11.5 Å². The number of hydrogen-bond acceptors (Lipinski definition) is 2. The van der Waals surface area contributed by atoms with Crippen LogP contribution in [0.4, 0.5) is 0 Å². The minimum atomic E-state index is 0.0475. The number of nitrogens with zero attached hydrogens (tertiary/aromatic N) is 3. The molecule has 1 fully saturated rings. The molecule has 2 aromatic heterocycles. The Morgan fingerprint density at radius 2 is 1.96 bits per heavy atom. The number of fused-ring (bicyclic) bond motifs is 5. The van der Waals surface area contributed by atoms with Gasteiger partial charge in [-0.25, -0.2) is 0 Å². The van der Waals surface area contributed by atoms with Crippen LogP contribution in [0.5, 0.6) is 0 Å². The molecular weight excluding hydrogens is 362 g/mol. The van der Waals surface area contributed by atoms with Crippen molar-refractivity contribution in [2.24, 2.45) is 13.0 Å². The second-order valence-electron chi connectivity index (χ2n) is 7.70. The monoisotopic (exact) mass is 381 g/mol. The predicted octanol–water partition coefficient (Wildman–Crippen LogP) is 3.25. The van der Waals surface area contributed by atoms with Crippen molar-refractivity contribution in [2.75, 3.05) is 13.1 Å². The zero-order valence-corrected chi connectivity index (χ0v) is 15.8. The van der Waals surface area contributed by atoms with Crippen molar-refractivity contribution in [1.29, 1.82) is 0 Å². The van der Waals surface area contributed by atoms with Crippen molar-refractivity contribution in [3.8, 4) is 0 Å². The molecule has 0 aliphatic carbocycles. The third kappa shape index (κ3) is 2.60. The summed E-state index contributed by atoms with van der Waals surface area (Å²) in [6, 6.07) is 13.1. The van der Waals surface area contributed by atoms with E-state index in [1.165, 1.54) is 0 Å². The quantitative estimate of drug-likeness (QED) is 0.649. The molecule has 1 aromatic carbocycles. The molecule has 0 radical (unpaired) electrons. The summed E-state index contributed by atoms with van der Waals surface area (Å²) in [4.78, 5) is 27.4. The van der Waals surface area contributed by atoms with E-state index in [0.717, 1.165) is 23.0 Å². The Labute approximate surface area is 161 Å². The van der Waals surface area contributed by atoms with Crippen molar-refractivity contribution in [3.63, 3.8) is 0 Å². The molecule has 0 N–H and O–H groups in total. The molecule has 0 saturated carbocycles. The summed E-state index contributed by atoms with van der Waals surface area (Å²) in [6.07, 6.45) is 1.04. The number of amides is 1. The van der Waals surface area contributed by atoms with Crippen molar-refractivity contribution < 1.29 is 4.79 Å². The van der Waals surface area contributed by atoms with E-state index in [9.17, 15) is 9.59 Å². The lowest BCUT2D eigenvalue weighted by Crippen LogP contribution is -2.49. The number of likely N-dealkylation sites (tertiary alicyclic amines) is 1. The van der Waals surface area contributed by atoms with Crippen molar-refractivity contribution in [3.05, 3.63) is 69.2 Å². The molecule has 27 heavy (non-hydrogen) atoms. The summed E-state index contributed by atoms with van der Waals surface area (Å²) >= 11 is 6.12. The third-order valence-electron chi connectivity index (χ3n) is 5.99.